The van der Waals surface area contributed by atoms with E-state index in [1.807, 2.05) is 0 Å². The molecule has 74 valence electrons. The Morgan fingerprint density at radius 3 is 2.25 bits per heavy atom. The van der Waals surface area contributed by atoms with Gasteiger partial charge in [0.2, 0.25) is 0 Å². The van der Waals surface area contributed by atoms with Crippen LogP contribution in [0.25, 0.3) is 0 Å². The van der Waals surface area contributed by atoms with Crippen LogP contribution in [0.5, 0.6) is 0 Å². The van der Waals surface area contributed by atoms with Crippen molar-refractivity contribution in [2.75, 3.05) is 20.3 Å². The minimum absolute atomic E-state index is 0.198. The van der Waals surface area contributed by atoms with Crippen molar-refractivity contribution in [1.29, 1.82) is 0 Å². The molecule has 1 atom stereocenters. The number of ether oxygens (including phenoxy) is 1. The van der Waals surface area contributed by atoms with E-state index in [0.717, 1.165) is 19.6 Å². The van der Waals surface area contributed by atoms with E-state index in [-0.39, 0.29) is 5.41 Å². The van der Waals surface area contributed by atoms with Gasteiger partial charge in [0.15, 0.2) is 0 Å². The monoisotopic (exact) mass is 173 g/mol. The van der Waals surface area contributed by atoms with Crippen molar-refractivity contribution >= 4 is 0 Å². The van der Waals surface area contributed by atoms with Gasteiger partial charge in [-0.25, -0.2) is 0 Å². The maximum Gasteiger partial charge on any atom is 0.0533 e. The van der Waals surface area contributed by atoms with Crippen LogP contribution in [0.15, 0.2) is 0 Å². The van der Waals surface area contributed by atoms with Crippen molar-refractivity contribution in [3.8, 4) is 0 Å². The van der Waals surface area contributed by atoms with E-state index in [2.05, 4.69) is 20.8 Å². The number of methoxy groups -OCH3 is 1. The first kappa shape index (κ1) is 11.9. The average molecular weight is 173 g/mol. The summed E-state index contributed by atoms with van der Waals surface area (Å²) >= 11 is 0. The van der Waals surface area contributed by atoms with Gasteiger partial charge in [-0.05, 0) is 12.3 Å². The van der Waals surface area contributed by atoms with Gasteiger partial charge in [-0.2, -0.15) is 0 Å². The van der Waals surface area contributed by atoms with E-state index in [9.17, 15) is 0 Å². The summed E-state index contributed by atoms with van der Waals surface area (Å²) in [5.41, 5.74) is 6.00. The summed E-state index contributed by atoms with van der Waals surface area (Å²) in [7, 11) is 1.75. The van der Waals surface area contributed by atoms with Crippen molar-refractivity contribution in [3.63, 3.8) is 0 Å². The summed E-state index contributed by atoms with van der Waals surface area (Å²) in [6.45, 7) is 8.16. The van der Waals surface area contributed by atoms with E-state index in [4.69, 9.17) is 10.5 Å². The largest absolute Gasteiger partial charge is 0.384 e. The molecule has 0 aliphatic rings. The molecule has 0 spiro atoms. The highest BCUT2D eigenvalue weighted by atomic mass is 16.5. The Morgan fingerprint density at radius 1 is 1.42 bits per heavy atom. The third kappa shape index (κ3) is 2.76. The molecule has 0 amide bonds. The van der Waals surface area contributed by atoms with E-state index in [1.165, 1.54) is 6.42 Å². The average Bonchev–Trinajstić information content (AvgIpc) is 2.03. The van der Waals surface area contributed by atoms with Gasteiger partial charge >= 0.3 is 0 Å². The molecule has 2 N–H and O–H groups in total. The van der Waals surface area contributed by atoms with Gasteiger partial charge < -0.3 is 10.5 Å². The quantitative estimate of drug-likeness (QED) is 0.667. The first-order valence-corrected chi connectivity index (χ1v) is 4.82. The zero-order chi connectivity index (χ0) is 9.61. The predicted octanol–water partition coefficient (Wildman–Crippen LogP) is 2.03. The zero-order valence-corrected chi connectivity index (χ0v) is 8.89. The number of nitrogens with two attached hydrogens (primary N) is 1. The van der Waals surface area contributed by atoms with Crippen LogP contribution in [-0.2, 0) is 4.74 Å². The van der Waals surface area contributed by atoms with Crippen molar-refractivity contribution in [2.45, 2.75) is 33.6 Å². The van der Waals surface area contributed by atoms with Crippen LogP contribution < -0.4 is 5.73 Å². The van der Waals surface area contributed by atoms with Gasteiger partial charge in [0.1, 0.15) is 0 Å². The van der Waals surface area contributed by atoms with Crippen LogP contribution >= 0.6 is 0 Å². The topological polar surface area (TPSA) is 35.2 Å². The van der Waals surface area contributed by atoms with Crippen LogP contribution in [0.3, 0.4) is 0 Å². The number of hydrogen-bond donors (Lipinski definition) is 1. The second kappa shape index (κ2) is 5.55. The minimum atomic E-state index is 0.198. The van der Waals surface area contributed by atoms with E-state index in [0.29, 0.717) is 5.92 Å². The highest BCUT2D eigenvalue weighted by molar-refractivity contribution is 4.82. The molecule has 1 unspecified atom stereocenters. The first-order chi connectivity index (χ1) is 5.63. The number of hydrogen-bond acceptors (Lipinski definition) is 2. The van der Waals surface area contributed by atoms with Gasteiger partial charge in [0.25, 0.3) is 0 Å². The van der Waals surface area contributed by atoms with Crippen molar-refractivity contribution in [2.24, 2.45) is 17.1 Å². The molecule has 0 saturated carbocycles. The van der Waals surface area contributed by atoms with Crippen LogP contribution in [-0.4, -0.2) is 20.3 Å². The number of rotatable bonds is 6. The molecule has 2 heteroatoms. The molecular formula is C10H23NO. The fourth-order valence-electron chi connectivity index (χ4n) is 1.71. The Morgan fingerprint density at radius 2 is 2.00 bits per heavy atom. The van der Waals surface area contributed by atoms with E-state index in [1.54, 1.807) is 7.11 Å². The summed E-state index contributed by atoms with van der Waals surface area (Å²) < 4.78 is 5.23. The molecule has 0 radical (unpaired) electrons. The fourth-order valence-corrected chi connectivity index (χ4v) is 1.71. The Hall–Kier alpha value is -0.0800. The first-order valence-electron chi connectivity index (χ1n) is 4.82. The summed E-state index contributed by atoms with van der Waals surface area (Å²) in [4.78, 5) is 0. The Balaban J connectivity index is 4.28. The summed E-state index contributed by atoms with van der Waals surface area (Å²) in [6.07, 6.45) is 2.34. The van der Waals surface area contributed by atoms with Crippen molar-refractivity contribution in [3.05, 3.63) is 0 Å². The smallest absolute Gasteiger partial charge is 0.0533 e. The van der Waals surface area contributed by atoms with Crippen LogP contribution in [0.4, 0.5) is 0 Å². The third-order valence-electron chi connectivity index (χ3n) is 2.81. The highest BCUT2D eigenvalue weighted by Crippen LogP contribution is 2.31. The second-order valence-corrected chi connectivity index (χ2v) is 3.90. The third-order valence-corrected chi connectivity index (χ3v) is 2.81. The lowest BCUT2D eigenvalue weighted by Gasteiger charge is -2.35. The second-order valence-electron chi connectivity index (χ2n) is 3.90. The molecule has 0 aliphatic carbocycles. The lowest BCUT2D eigenvalue weighted by atomic mass is 9.74. The van der Waals surface area contributed by atoms with E-state index < -0.39 is 0 Å². The van der Waals surface area contributed by atoms with Crippen LogP contribution in [0, 0.1) is 11.3 Å². The lowest BCUT2D eigenvalue weighted by molar-refractivity contribution is 0.0417. The van der Waals surface area contributed by atoms with Gasteiger partial charge in [-0.3, -0.25) is 0 Å². The van der Waals surface area contributed by atoms with Crippen LogP contribution in [0.1, 0.15) is 33.6 Å². The molecular weight excluding hydrogens is 150 g/mol. The van der Waals surface area contributed by atoms with Gasteiger partial charge in [0.05, 0.1) is 6.61 Å². The standard InChI is InChI=1S/C10H23NO/c1-5-6-10(7-11,8-12-4)9(2)3/h9H,5-8,11H2,1-4H3. The molecule has 0 aliphatic heterocycles. The molecule has 0 aromatic carbocycles. The molecule has 12 heavy (non-hydrogen) atoms. The minimum Gasteiger partial charge on any atom is -0.384 e. The molecule has 0 aromatic heterocycles. The predicted molar refractivity (Wildman–Crippen MR) is 53.1 cm³/mol. The highest BCUT2D eigenvalue weighted by Gasteiger charge is 2.31. The Kier molecular flexibility index (Phi) is 5.51. The molecule has 0 saturated heterocycles. The maximum absolute atomic E-state index is 5.80. The van der Waals surface area contributed by atoms with Gasteiger partial charge in [-0.15, -0.1) is 0 Å². The normalized spacial score (nSPS) is 16.5. The van der Waals surface area contributed by atoms with E-state index >= 15 is 0 Å². The lowest BCUT2D eigenvalue weighted by Crippen LogP contribution is -2.39. The zero-order valence-electron chi connectivity index (χ0n) is 8.89. The van der Waals surface area contributed by atoms with Crippen molar-refractivity contribution in [1.82, 2.24) is 0 Å². The van der Waals surface area contributed by atoms with Crippen molar-refractivity contribution < 1.29 is 4.74 Å². The summed E-state index contributed by atoms with van der Waals surface area (Å²) in [5, 5.41) is 0. The molecule has 0 aromatic rings. The fraction of sp³-hybridized carbons (Fsp3) is 1.00. The molecule has 0 fully saturated rings. The Bertz CT molecular complexity index is 106. The van der Waals surface area contributed by atoms with Crippen LogP contribution in [0.2, 0.25) is 0 Å². The SMILES string of the molecule is CCCC(CN)(COC)C(C)C. The molecule has 0 heterocycles. The Labute approximate surface area is 76.5 Å². The molecule has 0 rings (SSSR count). The summed E-state index contributed by atoms with van der Waals surface area (Å²) in [6, 6.07) is 0. The molecule has 0 bridgehead atoms. The maximum atomic E-state index is 5.80. The molecule has 2 nitrogen and oxygen atoms in total. The van der Waals surface area contributed by atoms with Gasteiger partial charge in [0, 0.05) is 19.1 Å². The summed E-state index contributed by atoms with van der Waals surface area (Å²) in [5.74, 6) is 0.599. The van der Waals surface area contributed by atoms with Gasteiger partial charge in [-0.1, -0.05) is 27.2 Å².